The van der Waals surface area contributed by atoms with Crippen LogP contribution in [-0.4, -0.2) is 28.6 Å². The quantitative estimate of drug-likeness (QED) is 0.806. The molecule has 0 bridgehead atoms. The molecule has 2 rings (SSSR count). The molecule has 0 unspecified atom stereocenters. The number of allylic oxidation sites excluding steroid dienone is 1. The maximum Gasteiger partial charge on any atom is 0.226 e. The van der Waals surface area contributed by atoms with Crippen molar-refractivity contribution in [2.75, 3.05) is 6.61 Å². The monoisotopic (exact) mass is 245 g/mol. The molecule has 1 aromatic carbocycles. The van der Waals surface area contributed by atoms with Crippen molar-refractivity contribution >= 4 is 5.91 Å². The first-order chi connectivity index (χ1) is 8.76. The lowest BCUT2D eigenvalue weighted by molar-refractivity contribution is -0.133. The number of carbonyl (C=O) groups is 1. The van der Waals surface area contributed by atoms with Crippen LogP contribution < -0.4 is 0 Å². The van der Waals surface area contributed by atoms with Gasteiger partial charge >= 0.3 is 0 Å². The molecule has 3 heteroatoms. The zero-order chi connectivity index (χ0) is 13.0. The Morgan fingerprint density at radius 2 is 2.11 bits per heavy atom. The van der Waals surface area contributed by atoms with Crippen molar-refractivity contribution < 1.29 is 9.90 Å². The van der Waals surface area contributed by atoms with Crippen LogP contribution in [0, 0.1) is 5.92 Å². The van der Waals surface area contributed by atoms with E-state index in [2.05, 4.69) is 6.58 Å². The first kappa shape index (κ1) is 12.8. The van der Waals surface area contributed by atoms with Gasteiger partial charge in [0, 0.05) is 12.5 Å². The van der Waals surface area contributed by atoms with Crippen LogP contribution in [0.15, 0.2) is 43.0 Å². The Morgan fingerprint density at radius 3 is 2.72 bits per heavy atom. The van der Waals surface area contributed by atoms with E-state index in [1.807, 2.05) is 30.3 Å². The number of hydrogen-bond donors (Lipinski definition) is 1. The molecule has 3 nitrogen and oxygen atoms in total. The summed E-state index contributed by atoms with van der Waals surface area (Å²) in [6.07, 6.45) is 3.21. The Hall–Kier alpha value is -1.61. The van der Waals surface area contributed by atoms with Crippen LogP contribution in [0.2, 0.25) is 0 Å². The van der Waals surface area contributed by atoms with E-state index in [1.54, 1.807) is 11.0 Å². The molecule has 1 aromatic rings. The maximum atomic E-state index is 12.2. The van der Waals surface area contributed by atoms with Crippen LogP contribution in [0.3, 0.4) is 0 Å². The van der Waals surface area contributed by atoms with Crippen molar-refractivity contribution in [1.29, 1.82) is 0 Å². The van der Waals surface area contributed by atoms with Crippen molar-refractivity contribution in [3.8, 4) is 0 Å². The third-order valence-electron chi connectivity index (χ3n) is 3.49. The fourth-order valence-electron chi connectivity index (χ4n) is 2.53. The summed E-state index contributed by atoms with van der Waals surface area (Å²) >= 11 is 0. The Bertz CT molecular complexity index is 416. The summed E-state index contributed by atoms with van der Waals surface area (Å²) in [6, 6.07) is 9.84. The van der Waals surface area contributed by atoms with E-state index in [4.69, 9.17) is 0 Å². The second-order valence-electron chi connectivity index (χ2n) is 4.75. The summed E-state index contributed by atoms with van der Waals surface area (Å²) in [6.45, 7) is 4.30. The molecule has 2 atom stereocenters. The predicted octanol–water partition coefficient (Wildman–Crippen LogP) is 1.97. The zero-order valence-corrected chi connectivity index (χ0v) is 10.5. The lowest BCUT2D eigenvalue weighted by Gasteiger charge is -2.23. The van der Waals surface area contributed by atoms with Gasteiger partial charge in [0.1, 0.15) is 0 Å². The molecule has 1 N–H and O–H groups in total. The molecule has 18 heavy (non-hydrogen) atoms. The minimum absolute atomic E-state index is 0.0108. The van der Waals surface area contributed by atoms with Crippen molar-refractivity contribution in [2.45, 2.75) is 25.4 Å². The number of amides is 1. The second kappa shape index (κ2) is 5.83. The van der Waals surface area contributed by atoms with Crippen LogP contribution in [0.5, 0.6) is 0 Å². The van der Waals surface area contributed by atoms with Crippen LogP contribution in [0.1, 0.15) is 18.4 Å². The van der Waals surface area contributed by atoms with Gasteiger partial charge in [-0.15, -0.1) is 6.58 Å². The van der Waals surface area contributed by atoms with E-state index in [0.29, 0.717) is 13.0 Å². The highest BCUT2D eigenvalue weighted by molar-refractivity contribution is 5.81. The minimum Gasteiger partial charge on any atom is -0.394 e. The first-order valence-corrected chi connectivity index (χ1v) is 6.32. The average molecular weight is 245 g/mol. The summed E-state index contributed by atoms with van der Waals surface area (Å²) in [5.74, 6) is 0.126. The molecule has 1 heterocycles. The van der Waals surface area contributed by atoms with Gasteiger partial charge in [0.25, 0.3) is 0 Å². The van der Waals surface area contributed by atoms with E-state index in [0.717, 1.165) is 12.0 Å². The van der Waals surface area contributed by atoms with Crippen molar-refractivity contribution in [3.63, 3.8) is 0 Å². The maximum absolute atomic E-state index is 12.2. The highest BCUT2D eigenvalue weighted by Crippen LogP contribution is 2.28. The topological polar surface area (TPSA) is 40.5 Å². The SMILES string of the molecule is C=CC[C@@H]1C[C@@H](CO)N(Cc2ccccc2)C1=O. The highest BCUT2D eigenvalue weighted by Gasteiger charge is 2.37. The first-order valence-electron chi connectivity index (χ1n) is 6.32. The number of carbonyl (C=O) groups excluding carboxylic acids is 1. The summed E-state index contributed by atoms with van der Waals surface area (Å²) < 4.78 is 0. The summed E-state index contributed by atoms with van der Waals surface area (Å²) in [5, 5.41) is 9.40. The molecular weight excluding hydrogens is 226 g/mol. The Labute approximate surface area is 108 Å². The predicted molar refractivity (Wildman–Crippen MR) is 70.8 cm³/mol. The van der Waals surface area contributed by atoms with Crippen LogP contribution in [-0.2, 0) is 11.3 Å². The molecule has 1 fully saturated rings. The van der Waals surface area contributed by atoms with Gasteiger partial charge in [0.2, 0.25) is 5.91 Å². The third-order valence-corrected chi connectivity index (χ3v) is 3.49. The molecule has 96 valence electrons. The average Bonchev–Trinajstić information content (AvgIpc) is 2.69. The van der Waals surface area contributed by atoms with Gasteiger partial charge in [-0.25, -0.2) is 0 Å². The fraction of sp³-hybridized carbons (Fsp3) is 0.400. The molecule has 1 saturated heterocycles. The minimum atomic E-state index is -0.0531. The molecule has 1 amide bonds. The second-order valence-corrected chi connectivity index (χ2v) is 4.75. The summed E-state index contributed by atoms with van der Waals surface area (Å²) in [7, 11) is 0. The van der Waals surface area contributed by atoms with E-state index in [1.165, 1.54) is 0 Å². The normalized spacial score (nSPS) is 23.4. The Morgan fingerprint density at radius 1 is 1.39 bits per heavy atom. The number of rotatable bonds is 5. The van der Waals surface area contributed by atoms with E-state index in [-0.39, 0.29) is 24.5 Å². The fourth-order valence-corrected chi connectivity index (χ4v) is 2.53. The van der Waals surface area contributed by atoms with Crippen molar-refractivity contribution in [3.05, 3.63) is 48.6 Å². The van der Waals surface area contributed by atoms with Crippen LogP contribution in [0.25, 0.3) is 0 Å². The van der Waals surface area contributed by atoms with E-state index in [9.17, 15) is 9.90 Å². The number of likely N-dealkylation sites (tertiary alicyclic amines) is 1. The van der Waals surface area contributed by atoms with Crippen LogP contribution in [0.4, 0.5) is 0 Å². The smallest absolute Gasteiger partial charge is 0.226 e. The van der Waals surface area contributed by atoms with Crippen molar-refractivity contribution in [1.82, 2.24) is 4.90 Å². The molecular formula is C15H19NO2. The lowest BCUT2D eigenvalue weighted by atomic mass is 10.0. The standard InChI is InChI=1S/C15H19NO2/c1-2-6-13-9-14(11-17)16(15(13)18)10-12-7-4-3-5-8-12/h2-5,7-8,13-14,17H,1,6,9-11H2/t13-,14+/m1/s1. The van der Waals surface area contributed by atoms with Gasteiger partial charge in [0.15, 0.2) is 0 Å². The molecule has 0 aliphatic carbocycles. The van der Waals surface area contributed by atoms with Gasteiger partial charge in [-0.3, -0.25) is 4.79 Å². The van der Waals surface area contributed by atoms with Crippen molar-refractivity contribution in [2.24, 2.45) is 5.92 Å². The zero-order valence-electron chi connectivity index (χ0n) is 10.5. The molecule has 1 aliphatic heterocycles. The molecule has 0 spiro atoms. The number of benzene rings is 1. The van der Waals surface area contributed by atoms with Gasteiger partial charge < -0.3 is 10.0 Å². The highest BCUT2D eigenvalue weighted by atomic mass is 16.3. The molecule has 0 radical (unpaired) electrons. The summed E-state index contributed by atoms with van der Waals surface area (Å²) in [5.41, 5.74) is 1.10. The summed E-state index contributed by atoms with van der Waals surface area (Å²) in [4.78, 5) is 14.0. The number of hydrogen-bond acceptors (Lipinski definition) is 2. The third kappa shape index (κ3) is 2.62. The van der Waals surface area contributed by atoms with Gasteiger partial charge in [-0.2, -0.15) is 0 Å². The Balaban J connectivity index is 2.10. The van der Waals surface area contributed by atoms with Gasteiger partial charge in [0.05, 0.1) is 12.6 Å². The van der Waals surface area contributed by atoms with E-state index >= 15 is 0 Å². The van der Waals surface area contributed by atoms with E-state index < -0.39 is 0 Å². The lowest BCUT2D eigenvalue weighted by Crippen LogP contribution is -2.35. The van der Waals surface area contributed by atoms with Crippen LogP contribution >= 0.6 is 0 Å². The largest absolute Gasteiger partial charge is 0.394 e. The molecule has 1 aliphatic rings. The van der Waals surface area contributed by atoms with Gasteiger partial charge in [-0.1, -0.05) is 36.4 Å². The Kier molecular flexibility index (Phi) is 4.15. The number of nitrogens with zero attached hydrogens (tertiary/aromatic N) is 1. The number of aliphatic hydroxyl groups excluding tert-OH is 1. The van der Waals surface area contributed by atoms with Gasteiger partial charge in [-0.05, 0) is 18.4 Å². The number of aliphatic hydroxyl groups is 1. The molecule has 0 saturated carbocycles. The molecule has 0 aromatic heterocycles.